The highest BCUT2D eigenvalue weighted by molar-refractivity contribution is 5.95. The molecule has 0 bridgehead atoms. The van der Waals surface area contributed by atoms with E-state index in [2.05, 4.69) is 10.6 Å². The molecule has 2 N–H and O–H groups in total. The highest BCUT2D eigenvalue weighted by atomic mass is 19.4. The van der Waals surface area contributed by atoms with Gasteiger partial charge < -0.3 is 15.4 Å². The van der Waals surface area contributed by atoms with Crippen LogP contribution in [-0.4, -0.2) is 24.0 Å². The van der Waals surface area contributed by atoms with Crippen LogP contribution in [0.5, 0.6) is 5.75 Å². The Bertz CT molecular complexity index is 907. The van der Waals surface area contributed by atoms with Gasteiger partial charge in [0.15, 0.2) is 6.10 Å². The molecule has 1 atom stereocenters. The summed E-state index contributed by atoms with van der Waals surface area (Å²) < 4.78 is 44.8. The lowest BCUT2D eigenvalue weighted by atomic mass is 9.95. The van der Waals surface area contributed by atoms with E-state index in [-0.39, 0.29) is 17.6 Å². The molecule has 5 nitrogen and oxygen atoms in total. The molecule has 166 valence electrons. The van der Waals surface area contributed by atoms with Gasteiger partial charge in [-0.25, -0.2) is 0 Å². The second-order valence-corrected chi connectivity index (χ2v) is 7.63. The normalized spacial score (nSPS) is 15.7. The Morgan fingerprint density at radius 1 is 1.00 bits per heavy atom. The molecule has 2 amide bonds. The van der Waals surface area contributed by atoms with Crippen LogP contribution in [0.2, 0.25) is 0 Å². The number of nitrogens with one attached hydrogen (secondary N) is 2. The fourth-order valence-corrected chi connectivity index (χ4v) is 3.53. The molecule has 2 aromatic rings. The Morgan fingerprint density at radius 3 is 2.29 bits per heavy atom. The summed E-state index contributed by atoms with van der Waals surface area (Å²) in [6, 6.07) is 11.3. The quantitative estimate of drug-likeness (QED) is 0.659. The lowest BCUT2D eigenvalue weighted by Gasteiger charge is -2.22. The molecule has 0 aliphatic heterocycles. The summed E-state index contributed by atoms with van der Waals surface area (Å²) in [4.78, 5) is 24.7. The van der Waals surface area contributed by atoms with E-state index in [1.807, 2.05) is 0 Å². The summed E-state index contributed by atoms with van der Waals surface area (Å²) in [5, 5.41) is 5.29. The van der Waals surface area contributed by atoms with Crippen LogP contribution in [0, 0.1) is 0 Å². The zero-order valence-corrected chi connectivity index (χ0v) is 17.2. The van der Waals surface area contributed by atoms with Crippen molar-refractivity contribution in [3.63, 3.8) is 0 Å². The highest BCUT2D eigenvalue weighted by Gasteiger charge is 2.34. The molecule has 31 heavy (non-hydrogen) atoms. The van der Waals surface area contributed by atoms with E-state index in [0.29, 0.717) is 11.3 Å². The zero-order chi connectivity index (χ0) is 22.4. The predicted octanol–water partition coefficient (Wildman–Crippen LogP) is 5.17. The van der Waals surface area contributed by atoms with E-state index in [4.69, 9.17) is 4.74 Å². The number of benzene rings is 2. The zero-order valence-electron chi connectivity index (χ0n) is 17.2. The van der Waals surface area contributed by atoms with Gasteiger partial charge in [-0.15, -0.1) is 0 Å². The molecule has 0 aromatic heterocycles. The van der Waals surface area contributed by atoms with Gasteiger partial charge >= 0.3 is 6.18 Å². The first-order valence-electron chi connectivity index (χ1n) is 10.3. The van der Waals surface area contributed by atoms with Crippen LogP contribution >= 0.6 is 0 Å². The summed E-state index contributed by atoms with van der Waals surface area (Å²) in [5.41, 5.74) is -0.775. The molecular weight excluding hydrogens is 409 g/mol. The van der Waals surface area contributed by atoms with Crippen molar-refractivity contribution in [3.8, 4) is 5.75 Å². The minimum atomic E-state index is -4.58. The van der Waals surface area contributed by atoms with Crippen LogP contribution in [0.25, 0.3) is 0 Å². The molecule has 2 aromatic carbocycles. The Labute approximate surface area is 179 Å². The fourth-order valence-electron chi connectivity index (χ4n) is 3.53. The van der Waals surface area contributed by atoms with E-state index in [0.717, 1.165) is 31.7 Å². The fraction of sp³-hybridized carbons (Fsp3) is 0.391. The molecule has 1 fully saturated rings. The monoisotopic (exact) mass is 434 g/mol. The average molecular weight is 434 g/mol. The minimum absolute atomic E-state index is 0.159. The maximum atomic E-state index is 13.1. The van der Waals surface area contributed by atoms with Crippen molar-refractivity contribution in [3.05, 3.63) is 59.7 Å². The van der Waals surface area contributed by atoms with E-state index in [9.17, 15) is 22.8 Å². The van der Waals surface area contributed by atoms with Gasteiger partial charge in [0.05, 0.1) is 11.3 Å². The molecule has 0 spiro atoms. The average Bonchev–Trinajstić information content (AvgIpc) is 2.74. The molecule has 3 rings (SSSR count). The van der Waals surface area contributed by atoms with Gasteiger partial charge in [0.1, 0.15) is 5.75 Å². The van der Waals surface area contributed by atoms with Crippen molar-refractivity contribution in [1.29, 1.82) is 0 Å². The standard InChI is InChI=1S/C23H25F3N2O3/c1-15(21(29)28-20-10-6-5-9-19(20)23(24,25)26)31-18-13-11-16(12-14-18)22(30)27-17-7-3-2-4-8-17/h5-6,9-15,17H,2-4,7-8H2,1H3,(H,27,30)(H,28,29)/t15-/m1/s1. The first-order chi connectivity index (χ1) is 14.7. The summed E-state index contributed by atoms with van der Waals surface area (Å²) >= 11 is 0. The Hall–Kier alpha value is -3.03. The highest BCUT2D eigenvalue weighted by Crippen LogP contribution is 2.34. The molecule has 0 saturated heterocycles. The number of para-hydroxylation sites is 1. The van der Waals surface area contributed by atoms with Crippen molar-refractivity contribution >= 4 is 17.5 Å². The van der Waals surface area contributed by atoms with E-state index in [1.54, 1.807) is 24.3 Å². The number of hydrogen-bond acceptors (Lipinski definition) is 3. The van der Waals surface area contributed by atoms with Gasteiger partial charge in [-0.2, -0.15) is 13.2 Å². The maximum Gasteiger partial charge on any atom is 0.418 e. The number of anilines is 1. The molecule has 8 heteroatoms. The molecule has 0 heterocycles. The van der Waals surface area contributed by atoms with E-state index < -0.39 is 23.8 Å². The molecule has 1 saturated carbocycles. The third-order valence-corrected chi connectivity index (χ3v) is 5.23. The second kappa shape index (κ2) is 9.85. The van der Waals surface area contributed by atoms with Crippen molar-refractivity contribution in [2.75, 3.05) is 5.32 Å². The van der Waals surface area contributed by atoms with E-state index in [1.165, 1.54) is 31.5 Å². The van der Waals surface area contributed by atoms with Crippen molar-refractivity contribution in [2.24, 2.45) is 0 Å². The SMILES string of the molecule is C[C@@H](Oc1ccc(C(=O)NC2CCCCC2)cc1)C(=O)Nc1ccccc1C(F)(F)F. The molecule has 0 radical (unpaired) electrons. The van der Waals surface area contributed by atoms with Crippen LogP contribution in [0.4, 0.5) is 18.9 Å². The van der Waals surface area contributed by atoms with Gasteiger partial charge in [-0.3, -0.25) is 9.59 Å². The maximum absolute atomic E-state index is 13.1. The number of hydrogen-bond donors (Lipinski definition) is 2. The van der Waals surface area contributed by atoms with Gasteiger partial charge in [0, 0.05) is 11.6 Å². The van der Waals surface area contributed by atoms with Gasteiger partial charge in [0.2, 0.25) is 0 Å². The lowest BCUT2D eigenvalue weighted by Crippen LogP contribution is -2.36. The third kappa shape index (κ3) is 6.23. The lowest BCUT2D eigenvalue weighted by molar-refractivity contribution is -0.137. The molecule has 1 aliphatic carbocycles. The summed E-state index contributed by atoms with van der Waals surface area (Å²) in [5.74, 6) is -0.537. The topological polar surface area (TPSA) is 67.4 Å². The van der Waals surface area contributed by atoms with Crippen molar-refractivity contribution in [1.82, 2.24) is 5.32 Å². The summed E-state index contributed by atoms with van der Waals surface area (Å²) in [6.07, 6.45) is -0.221. The second-order valence-electron chi connectivity index (χ2n) is 7.63. The Kier molecular flexibility index (Phi) is 7.20. The third-order valence-electron chi connectivity index (χ3n) is 5.23. The first-order valence-corrected chi connectivity index (χ1v) is 10.3. The van der Waals surface area contributed by atoms with Gasteiger partial charge in [0.25, 0.3) is 11.8 Å². The Morgan fingerprint density at radius 2 is 1.65 bits per heavy atom. The summed E-state index contributed by atoms with van der Waals surface area (Å²) in [7, 11) is 0. The molecule has 0 unspecified atom stereocenters. The number of rotatable bonds is 6. The van der Waals surface area contributed by atoms with Crippen molar-refractivity contribution in [2.45, 2.75) is 57.3 Å². The summed E-state index contributed by atoms with van der Waals surface area (Å²) in [6.45, 7) is 1.44. The number of carbonyl (C=O) groups is 2. The van der Waals surface area contributed by atoms with Crippen LogP contribution < -0.4 is 15.4 Å². The molecular formula is C23H25F3N2O3. The number of alkyl halides is 3. The van der Waals surface area contributed by atoms with Crippen LogP contribution in [0.3, 0.4) is 0 Å². The van der Waals surface area contributed by atoms with Gasteiger partial charge in [-0.05, 0) is 56.2 Å². The Balaban J connectivity index is 1.57. The first kappa shape index (κ1) is 22.7. The van der Waals surface area contributed by atoms with Crippen LogP contribution in [-0.2, 0) is 11.0 Å². The largest absolute Gasteiger partial charge is 0.481 e. The van der Waals surface area contributed by atoms with Crippen LogP contribution in [0.1, 0.15) is 54.9 Å². The number of ether oxygens (including phenoxy) is 1. The number of halogens is 3. The molecule has 1 aliphatic rings. The van der Waals surface area contributed by atoms with Crippen molar-refractivity contribution < 1.29 is 27.5 Å². The predicted molar refractivity (Wildman–Crippen MR) is 111 cm³/mol. The van der Waals surface area contributed by atoms with Gasteiger partial charge in [-0.1, -0.05) is 31.4 Å². The smallest absolute Gasteiger partial charge is 0.418 e. The van der Waals surface area contributed by atoms with Crippen LogP contribution in [0.15, 0.2) is 48.5 Å². The minimum Gasteiger partial charge on any atom is -0.481 e. The van der Waals surface area contributed by atoms with E-state index >= 15 is 0 Å². The number of carbonyl (C=O) groups excluding carboxylic acids is 2. The number of amides is 2.